The van der Waals surface area contributed by atoms with Gasteiger partial charge in [0.25, 0.3) is 0 Å². The molecule has 0 atom stereocenters. The summed E-state index contributed by atoms with van der Waals surface area (Å²) in [6, 6.07) is 0. The Balaban J connectivity index is 2.11. The number of hydrogen-bond donors (Lipinski definition) is 0. The fourth-order valence-corrected chi connectivity index (χ4v) is 2.89. The van der Waals surface area contributed by atoms with Crippen LogP contribution >= 0.6 is 27.3 Å². The van der Waals surface area contributed by atoms with Gasteiger partial charge in [-0.1, -0.05) is 29.8 Å². The molecule has 0 N–H and O–H groups in total. The second-order valence-corrected chi connectivity index (χ2v) is 6.41. The van der Waals surface area contributed by atoms with Crippen molar-refractivity contribution in [3.05, 3.63) is 16.1 Å². The minimum atomic E-state index is 0.357. The Morgan fingerprint density at radius 1 is 1.57 bits per heavy atom. The predicted octanol–water partition coefficient (Wildman–Crippen LogP) is 3.98. The molecule has 1 fully saturated rings. The molecule has 0 unspecified atom stereocenters. The Hall–Kier alpha value is 0.110. The van der Waals surface area contributed by atoms with Gasteiger partial charge >= 0.3 is 0 Å². The van der Waals surface area contributed by atoms with Gasteiger partial charge in [0.2, 0.25) is 0 Å². The Morgan fingerprint density at radius 3 is 2.86 bits per heavy atom. The molecule has 0 bridgehead atoms. The highest BCUT2D eigenvalue weighted by molar-refractivity contribution is 9.09. The maximum absolute atomic E-state index is 4.50. The molecular weight excluding hydrogens is 258 g/mol. The number of aromatic nitrogens is 1. The molecule has 1 saturated carbocycles. The zero-order valence-electron chi connectivity index (χ0n) is 8.72. The highest BCUT2D eigenvalue weighted by Crippen LogP contribution is 2.43. The van der Waals surface area contributed by atoms with Gasteiger partial charge in [-0.3, -0.25) is 0 Å². The molecule has 1 aliphatic carbocycles. The summed E-state index contributed by atoms with van der Waals surface area (Å²) in [5, 5.41) is 1.06. The van der Waals surface area contributed by atoms with Gasteiger partial charge in [0.15, 0.2) is 0 Å². The second kappa shape index (κ2) is 3.93. The van der Waals surface area contributed by atoms with Gasteiger partial charge in [-0.15, -0.1) is 11.3 Å². The Kier molecular flexibility index (Phi) is 2.98. The van der Waals surface area contributed by atoms with Crippen LogP contribution in [-0.4, -0.2) is 10.3 Å². The van der Waals surface area contributed by atoms with E-state index in [4.69, 9.17) is 0 Å². The van der Waals surface area contributed by atoms with Crippen molar-refractivity contribution in [3.8, 4) is 0 Å². The molecule has 0 amide bonds. The van der Waals surface area contributed by atoms with E-state index in [0.717, 1.165) is 17.7 Å². The van der Waals surface area contributed by atoms with Crippen LogP contribution in [0.5, 0.6) is 0 Å². The van der Waals surface area contributed by atoms with Crippen molar-refractivity contribution in [1.82, 2.24) is 4.98 Å². The highest BCUT2D eigenvalue weighted by Gasteiger charge is 2.30. The number of alkyl halides is 1. The van der Waals surface area contributed by atoms with Crippen molar-refractivity contribution in [2.75, 3.05) is 5.33 Å². The van der Waals surface area contributed by atoms with Crippen molar-refractivity contribution in [2.24, 2.45) is 5.41 Å². The average molecular weight is 274 g/mol. The molecule has 3 heteroatoms. The van der Waals surface area contributed by atoms with Crippen molar-refractivity contribution >= 4 is 27.3 Å². The lowest BCUT2D eigenvalue weighted by atomic mass is 9.90. The Morgan fingerprint density at radius 2 is 2.29 bits per heavy atom. The molecule has 2 rings (SSSR count). The molecule has 1 heterocycles. The third-order valence-electron chi connectivity index (χ3n) is 2.64. The monoisotopic (exact) mass is 273 g/mol. The zero-order chi connectivity index (χ0) is 10.2. The SMILES string of the molecule is CC(C)(CBr)Cc1scnc1C1CC1. The smallest absolute Gasteiger partial charge is 0.0797 e. The van der Waals surface area contributed by atoms with Crippen LogP contribution in [0.2, 0.25) is 0 Å². The molecule has 1 nitrogen and oxygen atoms in total. The fourth-order valence-electron chi connectivity index (χ4n) is 1.58. The Labute approximate surface area is 98.1 Å². The summed E-state index contributed by atoms with van der Waals surface area (Å²) in [7, 11) is 0. The first kappa shape index (κ1) is 10.6. The zero-order valence-corrected chi connectivity index (χ0v) is 11.1. The van der Waals surface area contributed by atoms with Gasteiger partial charge in [0.05, 0.1) is 11.2 Å². The van der Waals surface area contributed by atoms with Crippen LogP contribution in [-0.2, 0) is 6.42 Å². The van der Waals surface area contributed by atoms with E-state index in [0.29, 0.717) is 5.41 Å². The van der Waals surface area contributed by atoms with Gasteiger partial charge in [0.1, 0.15) is 0 Å². The summed E-state index contributed by atoms with van der Waals surface area (Å²) in [6.45, 7) is 4.61. The molecule has 78 valence electrons. The minimum Gasteiger partial charge on any atom is -0.249 e. The lowest BCUT2D eigenvalue weighted by Gasteiger charge is -2.20. The molecule has 14 heavy (non-hydrogen) atoms. The first-order valence-electron chi connectivity index (χ1n) is 5.10. The highest BCUT2D eigenvalue weighted by atomic mass is 79.9. The summed E-state index contributed by atoms with van der Waals surface area (Å²) in [5.41, 5.74) is 3.76. The molecule has 1 aromatic heterocycles. The van der Waals surface area contributed by atoms with E-state index in [1.165, 1.54) is 23.4 Å². The molecule has 0 aromatic carbocycles. The number of halogens is 1. The number of thiazole rings is 1. The molecular formula is C11H16BrNS. The molecule has 1 aromatic rings. The lowest BCUT2D eigenvalue weighted by Crippen LogP contribution is -2.16. The van der Waals surface area contributed by atoms with Crippen LogP contribution < -0.4 is 0 Å². The third kappa shape index (κ3) is 2.37. The molecule has 0 saturated heterocycles. The average Bonchev–Trinajstić information content (AvgIpc) is 2.88. The Bertz CT molecular complexity index is 315. The minimum absolute atomic E-state index is 0.357. The van der Waals surface area contributed by atoms with Gasteiger partial charge in [0, 0.05) is 16.1 Å². The normalized spacial score (nSPS) is 17.4. The molecule has 0 radical (unpaired) electrons. The largest absolute Gasteiger partial charge is 0.249 e. The van der Waals surface area contributed by atoms with Crippen LogP contribution in [0.25, 0.3) is 0 Å². The standard InChI is InChI=1S/C11H16BrNS/c1-11(2,6-12)5-9-10(8-3-4-8)13-7-14-9/h7-8H,3-6H2,1-2H3. The first-order chi connectivity index (χ1) is 6.62. The van der Waals surface area contributed by atoms with Crippen LogP contribution in [0.15, 0.2) is 5.51 Å². The predicted molar refractivity (Wildman–Crippen MR) is 65.4 cm³/mol. The van der Waals surface area contributed by atoms with Gasteiger partial charge in [-0.05, 0) is 24.7 Å². The van der Waals surface area contributed by atoms with Gasteiger partial charge in [-0.25, -0.2) is 4.98 Å². The quantitative estimate of drug-likeness (QED) is 0.757. The van der Waals surface area contributed by atoms with Crippen LogP contribution in [0.3, 0.4) is 0 Å². The van der Waals surface area contributed by atoms with Crippen LogP contribution in [0.4, 0.5) is 0 Å². The topological polar surface area (TPSA) is 12.9 Å². The summed E-state index contributed by atoms with van der Waals surface area (Å²) < 4.78 is 0. The van der Waals surface area contributed by atoms with Gasteiger partial charge < -0.3 is 0 Å². The van der Waals surface area contributed by atoms with E-state index in [-0.39, 0.29) is 0 Å². The molecule has 1 aliphatic rings. The van der Waals surface area contributed by atoms with Crippen molar-refractivity contribution < 1.29 is 0 Å². The third-order valence-corrected chi connectivity index (χ3v) is 5.00. The van der Waals surface area contributed by atoms with Crippen molar-refractivity contribution in [1.29, 1.82) is 0 Å². The van der Waals surface area contributed by atoms with E-state index in [1.54, 1.807) is 0 Å². The first-order valence-corrected chi connectivity index (χ1v) is 7.11. The number of hydrogen-bond acceptors (Lipinski definition) is 2. The van der Waals surface area contributed by atoms with Crippen molar-refractivity contribution in [2.45, 2.75) is 39.0 Å². The maximum atomic E-state index is 4.50. The molecule has 0 aliphatic heterocycles. The van der Waals surface area contributed by atoms with E-state index in [2.05, 4.69) is 34.8 Å². The van der Waals surface area contributed by atoms with Crippen LogP contribution in [0, 0.1) is 5.41 Å². The summed E-state index contributed by atoms with van der Waals surface area (Å²) in [6.07, 6.45) is 3.87. The fraction of sp³-hybridized carbons (Fsp3) is 0.727. The van der Waals surface area contributed by atoms with E-state index >= 15 is 0 Å². The van der Waals surface area contributed by atoms with Crippen LogP contribution in [0.1, 0.15) is 43.2 Å². The summed E-state index contributed by atoms with van der Waals surface area (Å²) >= 11 is 5.41. The van der Waals surface area contributed by atoms with E-state index in [1.807, 2.05) is 16.8 Å². The summed E-state index contributed by atoms with van der Waals surface area (Å²) in [5.74, 6) is 0.794. The lowest BCUT2D eigenvalue weighted by molar-refractivity contribution is 0.426. The van der Waals surface area contributed by atoms with E-state index in [9.17, 15) is 0 Å². The number of nitrogens with zero attached hydrogens (tertiary/aromatic N) is 1. The van der Waals surface area contributed by atoms with Gasteiger partial charge in [-0.2, -0.15) is 0 Å². The number of rotatable bonds is 4. The van der Waals surface area contributed by atoms with E-state index < -0.39 is 0 Å². The van der Waals surface area contributed by atoms with Crippen molar-refractivity contribution in [3.63, 3.8) is 0 Å². The molecule has 0 spiro atoms. The summed E-state index contributed by atoms with van der Waals surface area (Å²) in [4.78, 5) is 6.01. The second-order valence-electron chi connectivity index (χ2n) is 4.91. The maximum Gasteiger partial charge on any atom is 0.0797 e.